The summed E-state index contributed by atoms with van der Waals surface area (Å²) < 4.78 is 0. The van der Waals surface area contributed by atoms with E-state index in [9.17, 15) is 0 Å². The lowest BCUT2D eigenvalue weighted by atomic mass is 10.0. The van der Waals surface area contributed by atoms with Crippen LogP contribution in [0.2, 0.25) is 5.02 Å². The highest BCUT2D eigenvalue weighted by atomic mass is 35.5. The molecular weight excluding hydrogens is 280 g/mol. The first-order valence-corrected chi connectivity index (χ1v) is 7.47. The quantitative estimate of drug-likeness (QED) is 0.841. The maximum atomic E-state index is 8.85. The van der Waals surface area contributed by atoms with E-state index in [1.165, 1.54) is 11.1 Å². The molecule has 3 heteroatoms. The zero-order chi connectivity index (χ0) is 15.2. The molecule has 0 aliphatic heterocycles. The average molecular weight is 299 g/mol. The molecule has 2 aromatic carbocycles. The second-order valence-electron chi connectivity index (χ2n) is 5.57. The topological polar surface area (TPSA) is 35.8 Å². The van der Waals surface area contributed by atoms with E-state index in [0.717, 1.165) is 18.7 Å². The fraction of sp³-hybridized carbons (Fsp3) is 0.278. The third-order valence-electron chi connectivity index (χ3n) is 3.25. The molecule has 0 spiro atoms. The zero-order valence-electron chi connectivity index (χ0n) is 12.4. The van der Waals surface area contributed by atoms with E-state index < -0.39 is 0 Å². The Morgan fingerprint density at radius 3 is 2.33 bits per heavy atom. The van der Waals surface area contributed by atoms with Crippen molar-refractivity contribution in [3.05, 3.63) is 64.2 Å². The van der Waals surface area contributed by atoms with Crippen molar-refractivity contribution in [3.63, 3.8) is 0 Å². The van der Waals surface area contributed by atoms with Gasteiger partial charge in [0, 0.05) is 12.2 Å². The summed E-state index contributed by atoms with van der Waals surface area (Å²) in [7, 11) is 0. The fourth-order valence-corrected chi connectivity index (χ4v) is 2.41. The van der Waals surface area contributed by atoms with Gasteiger partial charge < -0.3 is 5.32 Å². The molecule has 2 aromatic rings. The van der Waals surface area contributed by atoms with Crippen LogP contribution in [0.1, 0.15) is 30.5 Å². The molecule has 0 saturated carbocycles. The van der Waals surface area contributed by atoms with Gasteiger partial charge in [0.25, 0.3) is 0 Å². The summed E-state index contributed by atoms with van der Waals surface area (Å²) in [6.07, 6.45) is 1.11. The molecule has 2 nitrogen and oxygen atoms in total. The minimum absolute atomic E-state index is 0.481. The van der Waals surface area contributed by atoms with Crippen molar-refractivity contribution in [1.82, 2.24) is 0 Å². The molecule has 0 fully saturated rings. The normalized spacial score (nSPS) is 10.4. The van der Waals surface area contributed by atoms with Gasteiger partial charge in [-0.15, -0.1) is 0 Å². The molecule has 0 amide bonds. The molecule has 1 N–H and O–H groups in total. The number of benzene rings is 2. The highest BCUT2D eigenvalue weighted by molar-refractivity contribution is 6.32. The van der Waals surface area contributed by atoms with E-state index in [-0.39, 0.29) is 0 Å². The van der Waals surface area contributed by atoms with Crippen molar-refractivity contribution in [3.8, 4) is 6.07 Å². The van der Waals surface area contributed by atoms with Gasteiger partial charge in [-0.25, -0.2) is 0 Å². The first kappa shape index (κ1) is 15.4. The van der Waals surface area contributed by atoms with E-state index in [1.807, 2.05) is 6.07 Å². The van der Waals surface area contributed by atoms with E-state index in [0.29, 0.717) is 16.5 Å². The van der Waals surface area contributed by atoms with Crippen molar-refractivity contribution in [2.45, 2.75) is 26.8 Å². The Labute approximate surface area is 131 Å². The third-order valence-corrected chi connectivity index (χ3v) is 3.57. The summed E-state index contributed by atoms with van der Waals surface area (Å²) >= 11 is 6.02. The van der Waals surface area contributed by atoms with E-state index in [4.69, 9.17) is 16.9 Å². The Hall–Kier alpha value is -1.98. The highest BCUT2D eigenvalue weighted by Crippen LogP contribution is 2.20. The summed E-state index contributed by atoms with van der Waals surface area (Å²) in [5.41, 5.74) is 4.02. The smallest absolute Gasteiger partial charge is 0.101 e. The van der Waals surface area contributed by atoms with Crippen LogP contribution in [0.25, 0.3) is 0 Å². The molecule has 21 heavy (non-hydrogen) atoms. The Balaban J connectivity index is 1.97. The number of hydrogen-bond acceptors (Lipinski definition) is 2. The molecule has 0 aliphatic carbocycles. The minimum Gasteiger partial charge on any atom is -0.381 e. The van der Waals surface area contributed by atoms with Crippen LogP contribution in [0.5, 0.6) is 0 Å². The second-order valence-corrected chi connectivity index (χ2v) is 5.98. The van der Waals surface area contributed by atoms with Crippen LogP contribution in [0.4, 0.5) is 5.69 Å². The van der Waals surface area contributed by atoms with E-state index in [2.05, 4.69) is 49.5 Å². The first-order chi connectivity index (χ1) is 10.1. The van der Waals surface area contributed by atoms with Gasteiger partial charge in [0.1, 0.15) is 6.07 Å². The summed E-state index contributed by atoms with van der Waals surface area (Å²) in [6, 6.07) is 16.1. The van der Waals surface area contributed by atoms with Crippen LogP contribution in [-0.4, -0.2) is 0 Å². The molecular formula is C18H19ClN2. The van der Waals surface area contributed by atoms with Gasteiger partial charge in [-0.05, 0) is 41.7 Å². The fourth-order valence-electron chi connectivity index (χ4n) is 2.18. The predicted molar refractivity (Wildman–Crippen MR) is 88.5 cm³/mol. The van der Waals surface area contributed by atoms with Crippen LogP contribution in [0.15, 0.2) is 42.5 Å². The summed E-state index contributed by atoms with van der Waals surface area (Å²) in [5.74, 6) is 0.676. The van der Waals surface area contributed by atoms with Crippen LogP contribution < -0.4 is 5.32 Å². The lowest BCUT2D eigenvalue weighted by molar-refractivity contribution is 0.647. The summed E-state index contributed by atoms with van der Waals surface area (Å²) in [4.78, 5) is 0. The molecule has 0 aliphatic rings. The van der Waals surface area contributed by atoms with Gasteiger partial charge in [-0.1, -0.05) is 49.7 Å². The van der Waals surface area contributed by atoms with Gasteiger partial charge in [-0.2, -0.15) is 5.26 Å². The van der Waals surface area contributed by atoms with Crippen LogP contribution in [0, 0.1) is 17.2 Å². The SMILES string of the molecule is CC(C)Cc1ccc(CNc2ccc(C#N)c(Cl)c2)cc1. The van der Waals surface area contributed by atoms with Crippen molar-refractivity contribution in [1.29, 1.82) is 5.26 Å². The van der Waals surface area contributed by atoms with Gasteiger partial charge in [-0.3, -0.25) is 0 Å². The molecule has 0 aromatic heterocycles. The number of halogens is 1. The second kappa shape index (κ2) is 7.15. The van der Waals surface area contributed by atoms with Gasteiger partial charge in [0.2, 0.25) is 0 Å². The lowest BCUT2D eigenvalue weighted by Crippen LogP contribution is -2.00. The molecule has 0 unspecified atom stereocenters. The minimum atomic E-state index is 0.481. The Morgan fingerprint density at radius 1 is 1.10 bits per heavy atom. The number of hydrogen-bond donors (Lipinski definition) is 1. The predicted octanol–water partition coefficient (Wildman–Crippen LogP) is 5.02. The zero-order valence-corrected chi connectivity index (χ0v) is 13.1. The number of nitriles is 1. The summed E-state index contributed by atoms with van der Waals surface area (Å²) in [5, 5.41) is 12.7. The number of anilines is 1. The maximum absolute atomic E-state index is 8.85. The first-order valence-electron chi connectivity index (χ1n) is 7.10. The number of nitrogens with one attached hydrogen (secondary N) is 1. The molecule has 2 rings (SSSR count). The Bertz CT molecular complexity index is 639. The Morgan fingerprint density at radius 2 is 1.76 bits per heavy atom. The molecule has 0 radical (unpaired) electrons. The summed E-state index contributed by atoms with van der Waals surface area (Å²) in [6.45, 7) is 5.19. The standard InChI is InChI=1S/C18H19ClN2/c1-13(2)9-14-3-5-15(6-4-14)12-21-17-8-7-16(11-20)18(19)10-17/h3-8,10,13,21H,9,12H2,1-2H3. The van der Waals surface area contributed by atoms with Crippen LogP contribution in [-0.2, 0) is 13.0 Å². The molecule has 0 saturated heterocycles. The molecule has 108 valence electrons. The van der Waals surface area contributed by atoms with Crippen molar-refractivity contribution < 1.29 is 0 Å². The lowest BCUT2D eigenvalue weighted by Gasteiger charge is -2.09. The number of nitrogens with zero attached hydrogens (tertiary/aromatic N) is 1. The van der Waals surface area contributed by atoms with Crippen molar-refractivity contribution in [2.75, 3.05) is 5.32 Å². The van der Waals surface area contributed by atoms with Crippen molar-refractivity contribution >= 4 is 17.3 Å². The van der Waals surface area contributed by atoms with Crippen LogP contribution in [0.3, 0.4) is 0 Å². The monoisotopic (exact) mass is 298 g/mol. The highest BCUT2D eigenvalue weighted by Gasteiger charge is 2.02. The van der Waals surface area contributed by atoms with Gasteiger partial charge >= 0.3 is 0 Å². The molecule has 0 heterocycles. The van der Waals surface area contributed by atoms with E-state index in [1.54, 1.807) is 12.1 Å². The van der Waals surface area contributed by atoms with Gasteiger partial charge in [0.05, 0.1) is 10.6 Å². The third kappa shape index (κ3) is 4.51. The largest absolute Gasteiger partial charge is 0.381 e. The maximum Gasteiger partial charge on any atom is 0.101 e. The molecule has 0 bridgehead atoms. The number of rotatable bonds is 5. The van der Waals surface area contributed by atoms with E-state index >= 15 is 0 Å². The van der Waals surface area contributed by atoms with Gasteiger partial charge in [0.15, 0.2) is 0 Å². The molecule has 0 atom stereocenters. The van der Waals surface area contributed by atoms with Crippen molar-refractivity contribution in [2.24, 2.45) is 5.92 Å². The average Bonchev–Trinajstić information content (AvgIpc) is 2.46. The Kier molecular flexibility index (Phi) is 5.25. The van der Waals surface area contributed by atoms with Crippen LogP contribution >= 0.6 is 11.6 Å².